The first-order chi connectivity index (χ1) is 12.1. The van der Waals surface area contributed by atoms with Gasteiger partial charge in [0.05, 0.1) is 0 Å². The van der Waals surface area contributed by atoms with E-state index in [-0.39, 0.29) is 11.7 Å². The Morgan fingerprint density at radius 3 is 2.80 bits per heavy atom. The highest BCUT2D eigenvalue weighted by molar-refractivity contribution is 7.13. The number of nitrogens with zero attached hydrogens (tertiary/aromatic N) is 2. The minimum Gasteiger partial charge on any atom is -0.336 e. The average Bonchev–Trinajstić information content (AvgIpc) is 3.25. The maximum absolute atomic E-state index is 13.2. The number of carbonyl (C=O) groups is 1. The van der Waals surface area contributed by atoms with Gasteiger partial charge in [-0.15, -0.1) is 11.3 Å². The van der Waals surface area contributed by atoms with E-state index in [4.69, 9.17) is 0 Å². The van der Waals surface area contributed by atoms with Gasteiger partial charge in [0.25, 0.3) is 5.91 Å². The van der Waals surface area contributed by atoms with Crippen LogP contribution in [0.1, 0.15) is 16.1 Å². The number of fused-ring (bicyclic) bond motifs is 1. The van der Waals surface area contributed by atoms with Crippen LogP contribution in [0.25, 0.3) is 6.08 Å². The molecule has 1 aliphatic rings. The van der Waals surface area contributed by atoms with Crippen LogP contribution in [0.15, 0.2) is 60.3 Å². The Bertz CT molecular complexity index is 973. The van der Waals surface area contributed by atoms with E-state index < -0.39 is 0 Å². The maximum atomic E-state index is 13.2. The Morgan fingerprint density at radius 2 is 2.08 bits per heavy atom. The van der Waals surface area contributed by atoms with Crippen LogP contribution in [0.5, 0.6) is 0 Å². The molecule has 0 bridgehead atoms. The molecule has 1 aromatic carbocycles. The van der Waals surface area contributed by atoms with Crippen molar-refractivity contribution in [2.45, 2.75) is 0 Å². The fraction of sp³-hybridized carbons (Fsp3) is 0. The quantitative estimate of drug-likeness (QED) is 0.727. The minimum atomic E-state index is -0.308. The summed E-state index contributed by atoms with van der Waals surface area (Å²) >= 11 is 1.35. The number of benzene rings is 1. The predicted octanol–water partition coefficient (Wildman–Crippen LogP) is 4.54. The highest BCUT2D eigenvalue weighted by atomic mass is 32.1. The second-order valence-corrected chi connectivity index (χ2v) is 6.31. The SMILES string of the molecule is C=C1C=Cc2cc(C(=O)Nc3nccs3)[nH]c2N1c1ccc(F)cc1. The molecule has 1 aliphatic heterocycles. The third-order valence-corrected chi connectivity index (χ3v) is 4.46. The second-order valence-electron chi connectivity index (χ2n) is 5.41. The average molecular weight is 352 g/mol. The first-order valence-corrected chi connectivity index (χ1v) is 8.36. The van der Waals surface area contributed by atoms with Crippen LogP contribution < -0.4 is 10.2 Å². The van der Waals surface area contributed by atoms with E-state index in [9.17, 15) is 9.18 Å². The zero-order valence-corrected chi connectivity index (χ0v) is 13.8. The van der Waals surface area contributed by atoms with Gasteiger partial charge < -0.3 is 4.98 Å². The van der Waals surface area contributed by atoms with Gasteiger partial charge in [0.15, 0.2) is 5.13 Å². The third kappa shape index (κ3) is 2.85. The molecule has 0 fully saturated rings. The minimum absolute atomic E-state index is 0.276. The third-order valence-electron chi connectivity index (χ3n) is 3.77. The van der Waals surface area contributed by atoms with Crippen molar-refractivity contribution in [1.29, 1.82) is 0 Å². The number of rotatable bonds is 3. The molecule has 0 spiro atoms. The zero-order chi connectivity index (χ0) is 17.4. The Hall–Kier alpha value is -3.19. The molecule has 0 saturated heterocycles. The van der Waals surface area contributed by atoms with Crippen LogP contribution in [0, 0.1) is 5.82 Å². The van der Waals surface area contributed by atoms with Crippen LogP contribution in [-0.4, -0.2) is 15.9 Å². The van der Waals surface area contributed by atoms with Crippen molar-refractivity contribution in [1.82, 2.24) is 9.97 Å². The van der Waals surface area contributed by atoms with Crippen molar-refractivity contribution < 1.29 is 9.18 Å². The van der Waals surface area contributed by atoms with E-state index in [1.807, 2.05) is 17.1 Å². The highest BCUT2D eigenvalue weighted by Gasteiger charge is 2.23. The molecule has 4 rings (SSSR count). The summed E-state index contributed by atoms with van der Waals surface area (Å²) in [7, 11) is 0. The zero-order valence-electron chi connectivity index (χ0n) is 13.0. The van der Waals surface area contributed by atoms with Gasteiger partial charge in [0.1, 0.15) is 17.3 Å². The number of hydrogen-bond donors (Lipinski definition) is 2. The Labute approximate surface area is 147 Å². The van der Waals surface area contributed by atoms with Gasteiger partial charge in [0, 0.05) is 28.5 Å². The van der Waals surface area contributed by atoms with Crippen LogP contribution in [0.3, 0.4) is 0 Å². The lowest BCUT2D eigenvalue weighted by Gasteiger charge is -2.27. The monoisotopic (exact) mass is 352 g/mol. The molecule has 0 atom stereocenters. The van der Waals surface area contributed by atoms with Gasteiger partial charge >= 0.3 is 0 Å². The first kappa shape index (κ1) is 15.3. The number of aromatic amines is 1. The number of anilines is 3. The number of thiazole rings is 1. The van der Waals surface area contributed by atoms with Crippen LogP contribution in [0.4, 0.5) is 21.0 Å². The molecule has 0 saturated carbocycles. The van der Waals surface area contributed by atoms with Gasteiger partial charge in [0.2, 0.25) is 0 Å². The number of amides is 1. The highest BCUT2D eigenvalue weighted by Crippen LogP contribution is 2.36. The van der Waals surface area contributed by atoms with E-state index in [0.717, 1.165) is 11.3 Å². The fourth-order valence-electron chi connectivity index (χ4n) is 2.63. The molecule has 124 valence electrons. The number of halogens is 1. The van der Waals surface area contributed by atoms with Gasteiger partial charge in [-0.2, -0.15) is 0 Å². The first-order valence-electron chi connectivity index (χ1n) is 7.48. The molecule has 25 heavy (non-hydrogen) atoms. The molecule has 3 aromatic rings. The lowest BCUT2D eigenvalue weighted by atomic mass is 10.1. The number of H-pyrrole nitrogens is 1. The topological polar surface area (TPSA) is 61.0 Å². The smallest absolute Gasteiger partial charge is 0.273 e. The van der Waals surface area contributed by atoms with E-state index in [2.05, 4.69) is 21.9 Å². The standard InChI is InChI=1S/C18H13FN4OS/c1-11-2-3-12-10-15(17(24)22-18-20-8-9-25-18)21-16(12)23(11)14-6-4-13(19)5-7-14/h2-10,21H,1H2,(H,20,22,24). The van der Waals surface area contributed by atoms with Crippen LogP contribution in [0.2, 0.25) is 0 Å². The summed E-state index contributed by atoms with van der Waals surface area (Å²) in [6.07, 6.45) is 5.36. The summed E-state index contributed by atoms with van der Waals surface area (Å²) in [5, 5.41) is 5.07. The summed E-state index contributed by atoms with van der Waals surface area (Å²) in [5.74, 6) is 0.128. The molecule has 7 heteroatoms. The molecule has 5 nitrogen and oxygen atoms in total. The molecule has 2 aromatic heterocycles. The predicted molar refractivity (Wildman–Crippen MR) is 97.6 cm³/mol. The largest absolute Gasteiger partial charge is 0.336 e. The van der Waals surface area contributed by atoms with Crippen molar-refractivity contribution in [2.75, 3.05) is 10.2 Å². The van der Waals surface area contributed by atoms with Gasteiger partial charge in [-0.25, -0.2) is 9.37 Å². The van der Waals surface area contributed by atoms with Crippen molar-refractivity contribution in [3.63, 3.8) is 0 Å². The molecule has 1 amide bonds. The van der Waals surface area contributed by atoms with Crippen LogP contribution in [-0.2, 0) is 0 Å². The molecule has 0 aliphatic carbocycles. The number of hydrogen-bond acceptors (Lipinski definition) is 4. The number of aromatic nitrogens is 2. The van der Waals surface area contributed by atoms with Crippen molar-refractivity contribution in [3.05, 3.63) is 77.3 Å². The molecule has 3 heterocycles. The van der Waals surface area contributed by atoms with Gasteiger partial charge in [-0.05, 0) is 42.5 Å². The van der Waals surface area contributed by atoms with Gasteiger partial charge in [-0.1, -0.05) is 6.58 Å². The van der Waals surface area contributed by atoms with Crippen LogP contribution >= 0.6 is 11.3 Å². The number of carbonyl (C=O) groups excluding carboxylic acids is 1. The number of allylic oxidation sites excluding steroid dienone is 1. The van der Waals surface area contributed by atoms with Crippen molar-refractivity contribution >= 4 is 40.0 Å². The fourth-order valence-corrected chi connectivity index (χ4v) is 3.16. The summed E-state index contributed by atoms with van der Waals surface area (Å²) in [6.45, 7) is 4.02. The lowest BCUT2D eigenvalue weighted by Crippen LogP contribution is -2.18. The summed E-state index contributed by atoms with van der Waals surface area (Å²) in [5.41, 5.74) is 2.73. The van der Waals surface area contributed by atoms with Crippen molar-refractivity contribution in [3.8, 4) is 0 Å². The molecular weight excluding hydrogens is 339 g/mol. The van der Waals surface area contributed by atoms with E-state index in [1.54, 1.807) is 29.8 Å². The summed E-state index contributed by atoms with van der Waals surface area (Å²) < 4.78 is 13.2. The summed E-state index contributed by atoms with van der Waals surface area (Å²) in [4.78, 5) is 21.4. The van der Waals surface area contributed by atoms with E-state index in [0.29, 0.717) is 22.3 Å². The normalized spacial score (nSPS) is 13.0. The van der Waals surface area contributed by atoms with E-state index >= 15 is 0 Å². The van der Waals surface area contributed by atoms with E-state index in [1.165, 1.54) is 23.5 Å². The Kier molecular flexibility index (Phi) is 3.70. The molecular formula is C18H13FN4OS. The van der Waals surface area contributed by atoms with Crippen molar-refractivity contribution in [2.24, 2.45) is 0 Å². The summed E-state index contributed by atoms with van der Waals surface area (Å²) in [6, 6.07) is 7.87. The van der Waals surface area contributed by atoms with Gasteiger partial charge in [-0.3, -0.25) is 15.0 Å². The Balaban J connectivity index is 1.69. The molecule has 0 unspecified atom stereocenters. The second kappa shape index (κ2) is 6.03. The molecule has 2 N–H and O–H groups in total. The molecule has 0 radical (unpaired) electrons. The Morgan fingerprint density at radius 1 is 1.28 bits per heavy atom. The maximum Gasteiger partial charge on any atom is 0.273 e. The number of nitrogens with one attached hydrogen (secondary N) is 2. The lowest BCUT2D eigenvalue weighted by molar-refractivity contribution is 0.102.